The number of nitrogens with one attached hydrogen (secondary N) is 1. The van der Waals surface area contributed by atoms with Crippen molar-refractivity contribution in [2.75, 3.05) is 25.5 Å². The van der Waals surface area contributed by atoms with Crippen LogP contribution in [-0.2, 0) is 14.8 Å². The Morgan fingerprint density at radius 2 is 2.37 bits per heavy atom. The van der Waals surface area contributed by atoms with Crippen LogP contribution in [0.25, 0.3) is 0 Å². The molecular weight excluding hydrogens is 290 g/mol. The first-order valence-corrected chi connectivity index (χ1v) is 7.83. The second-order valence-corrected chi connectivity index (χ2v) is 6.63. The van der Waals surface area contributed by atoms with E-state index < -0.39 is 10.0 Å². The molecule has 1 fully saturated rings. The summed E-state index contributed by atoms with van der Waals surface area (Å²) < 4.78 is 31.7. The number of anilines is 1. The molecule has 8 heteroatoms. The van der Waals surface area contributed by atoms with Crippen molar-refractivity contribution in [2.24, 2.45) is 5.92 Å². The van der Waals surface area contributed by atoms with E-state index in [4.69, 9.17) is 22.1 Å². The Morgan fingerprint density at radius 3 is 3.00 bits per heavy atom. The van der Waals surface area contributed by atoms with Crippen LogP contribution in [-0.4, -0.2) is 33.2 Å². The van der Waals surface area contributed by atoms with Gasteiger partial charge in [0.15, 0.2) is 0 Å². The van der Waals surface area contributed by atoms with E-state index in [-0.39, 0.29) is 15.7 Å². The number of nitrogens with zero attached hydrogens (tertiary/aromatic N) is 1. The highest BCUT2D eigenvalue weighted by Gasteiger charge is 2.19. The third-order valence-corrected chi connectivity index (χ3v) is 4.75. The minimum Gasteiger partial charge on any atom is -0.382 e. The fourth-order valence-electron chi connectivity index (χ4n) is 1.87. The maximum atomic E-state index is 12.0. The molecule has 0 spiro atoms. The summed E-state index contributed by atoms with van der Waals surface area (Å²) in [6.45, 7) is 1.84. The van der Waals surface area contributed by atoms with Gasteiger partial charge in [0.2, 0.25) is 10.0 Å². The Morgan fingerprint density at radius 1 is 1.58 bits per heavy atom. The predicted octanol–water partition coefficient (Wildman–Crippen LogP) is 1.02. The Hall–Kier alpha value is -0.890. The van der Waals surface area contributed by atoms with E-state index in [0.717, 1.165) is 19.4 Å². The van der Waals surface area contributed by atoms with Crippen LogP contribution in [0.5, 0.6) is 0 Å². The zero-order valence-corrected chi connectivity index (χ0v) is 11.9. The van der Waals surface area contributed by atoms with Gasteiger partial charge in [0.1, 0.15) is 10.7 Å². The van der Waals surface area contributed by atoms with Crippen LogP contribution in [0.2, 0.25) is 5.02 Å². The van der Waals surface area contributed by atoms with E-state index in [2.05, 4.69) is 9.71 Å². The molecule has 1 aliphatic heterocycles. The summed E-state index contributed by atoms with van der Waals surface area (Å²) in [5, 5.41) is 0.132. The zero-order chi connectivity index (χ0) is 13.9. The van der Waals surface area contributed by atoms with E-state index >= 15 is 0 Å². The van der Waals surface area contributed by atoms with Crippen LogP contribution in [0.3, 0.4) is 0 Å². The molecule has 0 bridgehead atoms. The van der Waals surface area contributed by atoms with Gasteiger partial charge in [-0.2, -0.15) is 0 Å². The zero-order valence-electron chi connectivity index (χ0n) is 10.3. The van der Waals surface area contributed by atoms with Crippen molar-refractivity contribution >= 4 is 27.4 Å². The van der Waals surface area contributed by atoms with Gasteiger partial charge in [-0.25, -0.2) is 18.1 Å². The fourth-order valence-corrected chi connectivity index (χ4v) is 3.12. The van der Waals surface area contributed by atoms with Crippen molar-refractivity contribution in [1.82, 2.24) is 9.71 Å². The first kappa shape index (κ1) is 14.5. The number of pyridine rings is 1. The second-order valence-electron chi connectivity index (χ2n) is 4.45. The topological polar surface area (TPSA) is 94.3 Å². The van der Waals surface area contributed by atoms with Gasteiger partial charge in [-0.1, -0.05) is 11.6 Å². The van der Waals surface area contributed by atoms with Crippen LogP contribution in [0.1, 0.15) is 12.8 Å². The van der Waals surface area contributed by atoms with Crippen molar-refractivity contribution in [3.05, 3.63) is 17.3 Å². The molecule has 1 saturated heterocycles. The molecule has 1 aliphatic rings. The molecule has 0 aliphatic carbocycles. The van der Waals surface area contributed by atoms with Gasteiger partial charge in [-0.15, -0.1) is 0 Å². The highest BCUT2D eigenvalue weighted by molar-refractivity contribution is 7.89. The van der Waals surface area contributed by atoms with E-state index in [0.29, 0.717) is 19.1 Å². The molecule has 0 saturated carbocycles. The normalized spacial score (nSPS) is 19.7. The van der Waals surface area contributed by atoms with Gasteiger partial charge >= 0.3 is 0 Å². The summed E-state index contributed by atoms with van der Waals surface area (Å²) in [5.41, 5.74) is 5.44. The standard InChI is InChI=1S/C11H16ClN3O3S/c12-10-5-9(6-14-11(10)13)19(16,17)15-3-1-8-2-4-18-7-8/h5-6,8,15H,1-4,7H2,(H2,13,14). The van der Waals surface area contributed by atoms with Crippen molar-refractivity contribution in [3.8, 4) is 0 Å². The largest absolute Gasteiger partial charge is 0.382 e. The van der Waals surface area contributed by atoms with E-state index in [1.807, 2.05) is 0 Å². The van der Waals surface area contributed by atoms with Crippen LogP contribution in [0.15, 0.2) is 17.2 Å². The monoisotopic (exact) mass is 305 g/mol. The molecule has 1 aromatic heterocycles. The molecule has 2 rings (SSSR count). The van der Waals surface area contributed by atoms with Crippen molar-refractivity contribution in [1.29, 1.82) is 0 Å². The number of nitrogens with two attached hydrogens (primary N) is 1. The maximum Gasteiger partial charge on any atom is 0.242 e. The Bertz CT molecular complexity index is 544. The molecule has 1 aromatic rings. The number of hydrogen-bond acceptors (Lipinski definition) is 5. The van der Waals surface area contributed by atoms with Crippen LogP contribution in [0.4, 0.5) is 5.82 Å². The SMILES string of the molecule is Nc1ncc(S(=O)(=O)NCCC2CCOC2)cc1Cl. The summed E-state index contributed by atoms with van der Waals surface area (Å²) in [7, 11) is -3.58. The summed E-state index contributed by atoms with van der Waals surface area (Å²) in [5.74, 6) is 0.541. The number of sulfonamides is 1. The number of ether oxygens (including phenoxy) is 1. The van der Waals surface area contributed by atoms with E-state index in [1.165, 1.54) is 12.3 Å². The number of hydrogen-bond donors (Lipinski definition) is 2. The lowest BCUT2D eigenvalue weighted by molar-refractivity contribution is 0.184. The lowest BCUT2D eigenvalue weighted by atomic mass is 10.1. The molecule has 106 valence electrons. The van der Waals surface area contributed by atoms with Crippen LogP contribution in [0, 0.1) is 5.92 Å². The Kier molecular flexibility index (Phi) is 4.62. The number of rotatable bonds is 5. The smallest absolute Gasteiger partial charge is 0.242 e. The molecule has 1 atom stereocenters. The van der Waals surface area contributed by atoms with Crippen LogP contribution >= 0.6 is 11.6 Å². The van der Waals surface area contributed by atoms with Crippen molar-refractivity contribution < 1.29 is 13.2 Å². The molecule has 0 aromatic carbocycles. The molecule has 6 nitrogen and oxygen atoms in total. The maximum absolute atomic E-state index is 12.0. The lowest BCUT2D eigenvalue weighted by Crippen LogP contribution is -2.26. The minimum atomic E-state index is -3.58. The molecule has 3 N–H and O–H groups in total. The molecule has 2 heterocycles. The number of halogens is 1. The third-order valence-electron chi connectivity index (χ3n) is 3.02. The first-order chi connectivity index (χ1) is 8.99. The molecule has 1 unspecified atom stereocenters. The molecule has 19 heavy (non-hydrogen) atoms. The van der Waals surface area contributed by atoms with E-state index in [9.17, 15) is 8.42 Å². The first-order valence-electron chi connectivity index (χ1n) is 5.97. The van der Waals surface area contributed by atoms with Gasteiger partial charge < -0.3 is 10.5 Å². The molecule has 0 radical (unpaired) electrons. The second kappa shape index (κ2) is 6.04. The van der Waals surface area contributed by atoms with Gasteiger partial charge in [-0.05, 0) is 24.8 Å². The Balaban J connectivity index is 1.95. The fraction of sp³-hybridized carbons (Fsp3) is 0.545. The molecule has 0 amide bonds. The lowest BCUT2D eigenvalue weighted by Gasteiger charge is -2.10. The highest BCUT2D eigenvalue weighted by atomic mass is 35.5. The average Bonchev–Trinajstić information content (AvgIpc) is 2.85. The van der Waals surface area contributed by atoms with E-state index in [1.54, 1.807) is 0 Å². The average molecular weight is 306 g/mol. The summed E-state index contributed by atoms with van der Waals surface area (Å²) in [4.78, 5) is 3.76. The quantitative estimate of drug-likeness (QED) is 0.847. The summed E-state index contributed by atoms with van der Waals surface area (Å²) in [6, 6.07) is 1.30. The van der Waals surface area contributed by atoms with Gasteiger partial charge in [0.25, 0.3) is 0 Å². The number of nitrogen functional groups attached to an aromatic ring is 1. The summed E-state index contributed by atoms with van der Waals surface area (Å²) in [6.07, 6.45) is 2.94. The van der Waals surface area contributed by atoms with Crippen LogP contribution < -0.4 is 10.5 Å². The van der Waals surface area contributed by atoms with Crippen molar-refractivity contribution in [3.63, 3.8) is 0 Å². The minimum absolute atomic E-state index is 0.0226. The van der Waals surface area contributed by atoms with Gasteiger partial charge in [0, 0.05) is 26.0 Å². The third kappa shape index (κ3) is 3.79. The summed E-state index contributed by atoms with van der Waals surface area (Å²) >= 11 is 5.76. The molecular formula is C11H16ClN3O3S. The predicted molar refractivity (Wildman–Crippen MR) is 72.4 cm³/mol. The van der Waals surface area contributed by atoms with Gasteiger partial charge in [0.05, 0.1) is 5.02 Å². The van der Waals surface area contributed by atoms with Crippen molar-refractivity contribution in [2.45, 2.75) is 17.7 Å². The van der Waals surface area contributed by atoms with Gasteiger partial charge in [-0.3, -0.25) is 0 Å². The highest BCUT2D eigenvalue weighted by Crippen LogP contribution is 2.20. The number of aromatic nitrogens is 1. The Labute approximate surface area is 117 Å².